The molecular weight excluding hydrogens is 388 g/mol. The average molecular weight is 413 g/mol. The number of aliphatic hydroxyl groups excluding tert-OH is 1. The van der Waals surface area contributed by atoms with Crippen LogP contribution in [0, 0.1) is 17.8 Å². The van der Waals surface area contributed by atoms with Crippen molar-refractivity contribution in [2.45, 2.75) is 62.8 Å². The zero-order valence-corrected chi connectivity index (χ0v) is 16.8. The molecule has 7 nitrogen and oxygen atoms in total. The highest BCUT2D eigenvalue weighted by atomic mass is 35.5. The van der Waals surface area contributed by atoms with Crippen molar-refractivity contribution < 1.29 is 34.0 Å². The lowest BCUT2D eigenvalue weighted by molar-refractivity contribution is -0.152. The first kappa shape index (κ1) is 19.9. The third-order valence-corrected chi connectivity index (χ3v) is 7.51. The zero-order valence-electron chi connectivity index (χ0n) is 16.1. The van der Waals surface area contributed by atoms with Gasteiger partial charge in [0.1, 0.15) is 23.9 Å². The van der Waals surface area contributed by atoms with Crippen LogP contribution in [0.4, 0.5) is 0 Å². The van der Waals surface area contributed by atoms with E-state index in [0.29, 0.717) is 5.57 Å². The Labute approximate surface area is 168 Å². The summed E-state index contributed by atoms with van der Waals surface area (Å²) < 4.78 is 17.0. The van der Waals surface area contributed by atoms with E-state index in [1.165, 1.54) is 0 Å². The summed E-state index contributed by atoms with van der Waals surface area (Å²) in [5, 5.41) is 22.2. The maximum atomic E-state index is 12.4. The number of rotatable bonds is 3. The average Bonchev–Trinajstić information content (AvgIpc) is 3.21. The number of fused-ring (bicyclic) bond motifs is 5. The number of aliphatic hydroxyl groups is 2. The maximum absolute atomic E-state index is 12.4. The van der Waals surface area contributed by atoms with Crippen LogP contribution < -0.4 is 0 Å². The van der Waals surface area contributed by atoms with Crippen LogP contribution >= 0.6 is 11.6 Å². The number of ether oxygens (including phenoxy) is 3. The molecule has 0 aromatic rings. The number of carbonyl (C=O) groups excluding carboxylic acids is 2. The van der Waals surface area contributed by atoms with Crippen molar-refractivity contribution in [2.24, 2.45) is 17.8 Å². The topological polar surface area (TPSA) is 106 Å². The Hall–Kier alpha value is -1.41. The molecule has 0 spiro atoms. The van der Waals surface area contributed by atoms with Gasteiger partial charge in [-0.2, -0.15) is 0 Å². The fraction of sp³-hybridized carbons (Fsp3) is 0.700. The summed E-state index contributed by atoms with van der Waals surface area (Å²) in [6, 6.07) is 0. The van der Waals surface area contributed by atoms with Gasteiger partial charge in [-0.3, -0.25) is 0 Å². The minimum Gasteiger partial charge on any atom is -0.458 e. The lowest BCUT2D eigenvalue weighted by Gasteiger charge is -2.39. The van der Waals surface area contributed by atoms with E-state index in [4.69, 9.17) is 25.8 Å². The Kier molecular flexibility index (Phi) is 4.47. The second kappa shape index (κ2) is 6.29. The second-order valence-corrected chi connectivity index (χ2v) is 8.81. The summed E-state index contributed by atoms with van der Waals surface area (Å²) >= 11 is 6.16. The molecule has 2 saturated carbocycles. The standard InChI is InChI=1S/C20H25ClO7/c1-5-8(2)17(23)26-10-6-20(25,7-21)12-13(19(4)16(28-19)14(12)22)15-11(10)9(3)18(24)27-15/h5,10-16,22,25H,3,6-7H2,1-2,4H3. The van der Waals surface area contributed by atoms with Crippen molar-refractivity contribution in [3.8, 4) is 0 Å². The van der Waals surface area contributed by atoms with Gasteiger partial charge >= 0.3 is 11.9 Å². The molecule has 154 valence electrons. The molecule has 0 radical (unpaired) electrons. The van der Waals surface area contributed by atoms with E-state index in [1.54, 1.807) is 19.9 Å². The van der Waals surface area contributed by atoms with Crippen molar-refractivity contribution in [1.82, 2.24) is 0 Å². The summed E-state index contributed by atoms with van der Waals surface area (Å²) in [7, 11) is 0. The van der Waals surface area contributed by atoms with E-state index in [-0.39, 0.29) is 17.9 Å². The molecule has 0 aromatic carbocycles. The van der Waals surface area contributed by atoms with Gasteiger partial charge in [0.15, 0.2) is 0 Å². The predicted octanol–water partition coefficient (Wildman–Crippen LogP) is 1.10. The summed E-state index contributed by atoms with van der Waals surface area (Å²) in [5.41, 5.74) is -1.66. The van der Waals surface area contributed by atoms with E-state index >= 15 is 0 Å². The molecule has 2 aliphatic heterocycles. The first-order valence-electron chi connectivity index (χ1n) is 9.47. The Balaban J connectivity index is 1.79. The Morgan fingerprint density at radius 2 is 2.14 bits per heavy atom. The zero-order chi connectivity index (χ0) is 20.6. The summed E-state index contributed by atoms with van der Waals surface area (Å²) in [6.07, 6.45) is -1.41. The molecule has 28 heavy (non-hydrogen) atoms. The number of allylic oxidation sites excluding steroid dienone is 1. The van der Waals surface area contributed by atoms with E-state index < -0.39 is 65.3 Å². The monoisotopic (exact) mass is 412 g/mol. The number of esters is 2. The minimum atomic E-state index is -1.52. The van der Waals surface area contributed by atoms with Gasteiger partial charge in [0.25, 0.3) is 0 Å². The van der Waals surface area contributed by atoms with E-state index in [9.17, 15) is 19.8 Å². The molecule has 9 atom stereocenters. The van der Waals surface area contributed by atoms with Crippen molar-refractivity contribution >= 4 is 23.5 Å². The molecule has 0 aromatic heterocycles. The molecule has 2 heterocycles. The third-order valence-electron chi connectivity index (χ3n) is 7.05. The maximum Gasteiger partial charge on any atom is 0.334 e. The molecule has 2 N–H and O–H groups in total. The molecule has 8 heteroatoms. The fourth-order valence-corrected chi connectivity index (χ4v) is 5.70. The van der Waals surface area contributed by atoms with Crippen LogP contribution in [-0.4, -0.2) is 63.6 Å². The van der Waals surface area contributed by atoms with Gasteiger partial charge in [-0.1, -0.05) is 12.7 Å². The lowest BCUT2D eigenvalue weighted by atomic mass is 9.74. The molecule has 0 bridgehead atoms. The normalized spacial score (nSPS) is 49.6. The molecule has 0 amide bonds. The van der Waals surface area contributed by atoms with Crippen LogP contribution in [0.2, 0.25) is 0 Å². The second-order valence-electron chi connectivity index (χ2n) is 8.54. The molecule has 2 aliphatic carbocycles. The summed E-state index contributed by atoms with van der Waals surface area (Å²) in [4.78, 5) is 24.8. The minimum absolute atomic E-state index is 0.0307. The van der Waals surface area contributed by atoms with Crippen LogP contribution in [0.15, 0.2) is 23.8 Å². The number of carbonyl (C=O) groups is 2. The molecule has 4 fully saturated rings. The molecule has 2 saturated heterocycles. The van der Waals surface area contributed by atoms with Crippen LogP contribution in [0.5, 0.6) is 0 Å². The quantitative estimate of drug-likeness (QED) is 0.309. The molecule has 9 unspecified atom stereocenters. The van der Waals surface area contributed by atoms with Gasteiger partial charge in [0, 0.05) is 29.4 Å². The molecule has 4 rings (SSSR count). The number of hydrogen-bond donors (Lipinski definition) is 2. The van der Waals surface area contributed by atoms with Crippen molar-refractivity contribution in [3.05, 3.63) is 23.8 Å². The molecule has 4 aliphatic rings. The van der Waals surface area contributed by atoms with Gasteiger partial charge in [-0.25, -0.2) is 9.59 Å². The number of alkyl halides is 1. The van der Waals surface area contributed by atoms with Crippen LogP contribution in [0.25, 0.3) is 0 Å². The highest BCUT2D eigenvalue weighted by molar-refractivity contribution is 6.18. The number of hydrogen-bond acceptors (Lipinski definition) is 7. The third kappa shape index (κ3) is 2.53. The Morgan fingerprint density at radius 1 is 1.46 bits per heavy atom. The van der Waals surface area contributed by atoms with Gasteiger partial charge < -0.3 is 24.4 Å². The fourth-order valence-electron chi connectivity index (χ4n) is 5.41. The van der Waals surface area contributed by atoms with Crippen LogP contribution in [0.3, 0.4) is 0 Å². The Morgan fingerprint density at radius 3 is 2.75 bits per heavy atom. The lowest BCUT2D eigenvalue weighted by Crippen LogP contribution is -2.51. The van der Waals surface area contributed by atoms with Crippen LogP contribution in [-0.2, 0) is 23.8 Å². The van der Waals surface area contributed by atoms with Crippen LogP contribution in [0.1, 0.15) is 27.2 Å². The number of halogens is 1. The smallest absolute Gasteiger partial charge is 0.334 e. The van der Waals surface area contributed by atoms with Gasteiger partial charge in [0.2, 0.25) is 0 Å². The SMILES string of the molecule is C=C1C(=O)OC2C1C(OC(=O)C(C)=CC)CC(O)(CCl)C1C(O)C3OC3(C)C21. The Bertz CT molecular complexity index is 779. The van der Waals surface area contributed by atoms with Crippen molar-refractivity contribution in [2.75, 3.05) is 5.88 Å². The van der Waals surface area contributed by atoms with E-state index in [0.717, 1.165) is 0 Å². The van der Waals surface area contributed by atoms with Crippen molar-refractivity contribution in [1.29, 1.82) is 0 Å². The predicted molar refractivity (Wildman–Crippen MR) is 98.4 cm³/mol. The van der Waals surface area contributed by atoms with E-state index in [2.05, 4.69) is 6.58 Å². The van der Waals surface area contributed by atoms with Crippen molar-refractivity contribution in [3.63, 3.8) is 0 Å². The summed E-state index contributed by atoms with van der Waals surface area (Å²) in [5.74, 6) is -3.07. The largest absolute Gasteiger partial charge is 0.458 e. The van der Waals surface area contributed by atoms with Gasteiger partial charge in [0.05, 0.1) is 23.5 Å². The first-order valence-corrected chi connectivity index (χ1v) is 10.0. The van der Waals surface area contributed by atoms with Gasteiger partial charge in [-0.05, 0) is 20.8 Å². The number of epoxide rings is 1. The highest BCUT2D eigenvalue weighted by Gasteiger charge is 2.78. The molecular formula is C20H25ClO7. The first-order chi connectivity index (χ1) is 13.1. The van der Waals surface area contributed by atoms with E-state index in [1.807, 2.05) is 6.92 Å². The van der Waals surface area contributed by atoms with Gasteiger partial charge in [-0.15, -0.1) is 11.6 Å². The highest BCUT2D eigenvalue weighted by Crippen LogP contribution is 2.64. The summed E-state index contributed by atoms with van der Waals surface area (Å²) in [6.45, 7) is 9.03.